The lowest BCUT2D eigenvalue weighted by Gasteiger charge is -2.09. The maximum atomic E-state index is 13.3. The van der Waals surface area contributed by atoms with Gasteiger partial charge in [0.25, 0.3) is 0 Å². The van der Waals surface area contributed by atoms with Crippen molar-refractivity contribution in [2.24, 2.45) is 0 Å². The quantitative estimate of drug-likeness (QED) is 0.742. The Morgan fingerprint density at radius 3 is 2.56 bits per heavy atom. The smallest absolute Gasteiger partial charge is 0.320 e. The van der Waals surface area contributed by atoms with Crippen LogP contribution in [0.4, 0.5) is 13.2 Å². The molecule has 1 amide bonds. The lowest BCUT2D eigenvalue weighted by atomic mass is 10.1. The Morgan fingerprint density at radius 1 is 1.12 bits per heavy atom. The van der Waals surface area contributed by atoms with Crippen molar-refractivity contribution < 1.29 is 18.0 Å². The second kappa shape index (κ2) is 7.38. The summed E-state index contributed by atoms with van der Waals surface area (Å²) < 4.78 is 40.3. The van der Waals surface area contributed by atoms with E-state index < -0.39 is 6.55 Å². The molecule has 2 aromatic carbocycles. The Bertz CT molecular complexity index is 875. The van der Waals surface area contributed by atoms with Crippen LogP contribution in [0.5, 0.6) is 0 Å². The largest absolute Gasteiger partial charge is 0.355 e. The van der Waals surface area contributed by atoms with E-state index in [1.54, 1.807) is 24.3 Å². The van der Waals surface area contributed by atoms with Crippen molar-refractivity contribution in [3.05, 3.63) is 65.7 Å². The van der Waals surface area contributed by atoms with Gasteiger partial charge in [-0.1, -0.05) is 24.3 Å². The molecule has 3 aromatic rings. The molecule has 0 radical (unpaired) electrons. The monoisotopic (exact) mass is 347 g/mol. The Morgan fingerprint density at radius 2 is 1.84 bits per heavy atom. The molecule has 0 saturated carbocycles. The molecule has 0 bridgehead atoms. The zero-order valence-corrected chi connectivity index (χ0v) is 13.3. The fourth-order valence-electron chi connectivity index (χ4n) is 2.65. The summed E-state index contributed by atoms with van der Waals surface area (Å²) in [5.74, 6) is -0.403. The molecule has 0 fully saturated rings. The number of carbonyl (C=O) groups is 1. The number of nitrogens with one attached hydrogen (secondary N) is 1. The maximum absolute atomic E-state index is 13.3. The third-order valence-corrected chi connectivity index (χ3v) is 3.81. The topological polar surface area (TPSA) is 46.9 Å². The summed E-state index contributed by atoms with van der Waals surface area (Å²) in [4.78, 5) is 16.1. The van der Waals surface area contributed by atoms with Gasteiger partial charge in [0, 0.05) is 13.0 Å². The van der Waals surface area contributed by atoms with Crippen molar-refractivity contribution in [1.82, 2.24) is 14.9 Å². The van der Waals surface area contributed by atoms with Crippen LogP contribution in [-0.4, -0.2) is 22.0 Å². The average Bonchev–Trinajstić information content (AvgIpc) is 2.95. The van der Waals surface area contributed by atoms with E-state index in [0.29, 0.717) is 16.6 Å². The number of carbonyl (C=O) groups excluding carboxylic acids is 1. The van der Waals surface area contributed by atoms with Gasteiger partial charge >= 0.3 is 6.55 Å². The SMILES string of the molecule is O=C(Cc1ccc(F)cc1)NCCc1nc2ccccc2n1C(F)F. The van der Waals surface area contributed by atoms with Crippen LogP contribution in [-0.2, 0) is 17.6 Å². The van der Waals surface area contributed by atoms with Crippen molar-refractivity contribution in [2.75, 3.05) is 6.54 Å². The number of halogens is 3. The van der Waals surface area contributed by atoms with Crippen molar-refractivity contribution in [1.29, 1.82) is 0 Å². The van der Waals surface area contributed by atoms with Crippen LogP contribution in [0.15, 0.2) is 48.5 Å². The van der Waals surface area contributed by atoms with Gasteiger partial charge in [0.05, 0.1) is 17.5 Å². The Kier molecular flexibility index (Phi) is 5.02. The Labute approximate surface area is 142 Å². The number of nitrogens with zero attached hydrogens (tertiary/aromatic N) is 2. The minimum Gasteiger partial charge on any atom is -0.355 e. The number of aromatic nitrogens is 2. The van der Waals surface area contributed by atoms with Crippen LogP contribution in [0.1, 0.15) is 17.9 Å². The third kappa shape index (κ3) is 3.99. The Hall–Kier alpha value is -2.83. The molecular weight excluding hydrogens is 331 g/mol. The molecule has 1 aromatic heterocycles. The van der Waals surface area contributed by atoms with Gasteiger partial charge in [-0.2, -0.15) is 8.78 Å². The molecule has 0 aliphatic rings. The Balaban J connectivity index is 1.62. The zero-order chi connectivity index (χ0) is 17.8. The normalized spacial score (nSPS) is 11.2. The van der Waals surface area contributed by atoms with Gasteiger partial charge in [0.1, 0.15) is 11.6 Å². The molecule has 4 nitrogen and oxygen atoms in total. The van der Waals surface area contributed by atoms with Crippen LogP contribution in [0.2, 0.25) is 0 Å². The number of fused-ring (bicyclic) bond motifs is 1. The molecule has 1 heterocycles. The molecule has 0 aliphatic heterocycles. The van der Waals surface area contributed by atoms with E-state index in [1.165, 1.54) is 24.3 Å². The fourth-order valence-corrected chi connectivity index (χ4v) is 2.65. The zero-order valence-electron chi connectivity index (χ0n) is 13.3. The van der Waals surface area contributed by atoms with Crippen LogP contribution in [0, 0.1) is 5.82 Å². The predicted octanol–water partition coefficient (Wildman–Crippen LogP) is 3.47. The van der Waals surface area contributed by atoms with Gasteiger partial charge in [0.15, 0.2) is 0 Å². The molecule has 0 saturated heterocycles. The summed E-state index contributed by atoms with van der Waals surface area (Å²) >= 11 is 0. The number of amides is 1. The van der Waals surface area contributed by atoms with Crippen LogP contribution >= 0.6 is 0 Å². The highest BCUT2D eigenvalue weighted by atomic mass is 19.3. The van der Waals surface area contributed by atoms with Gasteiger partial charge < -0.3 is 5.32 Å². The van der Waals surface area contributed by atoms with E-state index in [2.05, 4.69) is 10.3 Å². The first kappa shape index (κ1) is 17.0. The van der Waals surface area contributed by atoms with E-state index in [0.717, 1.165) is 4.57 Å². The average molecular weight is 347 g/mol. The minimum absolute atomic E-state index is 0.103. The molecule has 25 heavy (non-hydrogen) atoms. The van der Waals surface area contributed by atoms with E-state index in [9.17, 15) is 18.0 Å². The van der Waals surface area contributed by atoms with Crippen LogP contribution in [0.3, 0.4) is 0 Å². The summed E-state index contributed by atoms with van der Waals surface area (Å²) in [5.41, 5.74) is 1.54. The van der Waals surface area contributed by atoms with E-state index >= 15 is 0 Å². The number of para-hydroxylation sites is 2. The van der Waals surface area contributed by atoms with E-state index in [4.69, 9.17) is 0 Å². The van der Waals surface area contributed by atoms with Crippen LogP contribution in [0.25, 0.3) is 11.0 Å². The van der Waals surface area contributed by atoms with E-state index in [1.807, 2.05) is 0 Å². The fraction of sp³-hybridized carbons (Fsp3) is 0.222. The highest BCUT2D eigenvalue weighted by molar-refractivity contribution is 5.78. The molecule has 0 unspecified atom stereocenters. The first-order chi connectivity index (χ1) is 12.0. The van der Waals surface area contributed by atoms with Gasteiger partial charge in [-0.3, -0.25) is 9.36 Å². The summed E-state index contributed by atoms with van der Waals surface area (Å²) in [6.07, 6.45) is 0.291. The highest BCUT2D eigenvalue weighted by Gasteiger charge is 2.17. The van der Waals surface area contributed by atoms with Gasteiger partial charge in [-0.05, 0) is 29.8 Å². The van der Waals surface area contributed by atoms with Gasteiger partial charge in [-0.25, -0.2) is 9.37 Å². The maximum Gasteiger partial charge on any atom is 0.320 e. The number of hydrogen-bond acceptors (Lipinski definition) is 2. The van der Waals surface area contributed by atoms with E-state index in [-0.39, 0.29) is 36.9 Å². The molecular formula is C18H16F3N3O. The second-order valence-corrected chi connectivity index (χ2v) is 5.57. The highest BCUT2D eigenvalue weighted by Crippen LogP contribution is 2.23. The third-order valence-electron chi connectivity index (χ3n) is 3.81. The molecule has 3 rings (SSSR count). The molecule has 0 aliphatic carbocycles. The van der Waals surface area contributed by atoms with Crippen molar-refractivity contribution in [3.63, 3.8) is 0 Å². The minimum atomic E-state index is -2.70. The first-order valence-electron chi connectivity index (χ1n) is 7.80. The number of hydrogen-bond donors (Lipinski definition) is 1. The van der Waals surface area contributed by atoms with Crippen molar-refractivity contribution in [3.8, 4) is 0 Å². The van der Waals surface area contributed by atoms with Crippen molar-refractivity contribution in [2.45, 2.75) is 19.4 Å². The molecule has 130 valence electrons. The van der Waals surface area contributed by atoms with Gasteiger partial charge in [-0.15, -0.1) is 0 Å². The molecule has 0 spiro atoms. The number of alkyl halides is 2. The summed E-state index contributed by atoms with van der Waals surface area (Å²) in [6.45, 7) is -2.51. The van der Waals surface area contributed by atoms with Crippen LogP contribution < -0.4 is 5.32 Å². The van der Waals surface area contributed by atoms with Crippen molar-refractivity contribution >= 4 is 16.9 Å². The number of imidazole rings is 1. The first-order valence-corrected chi connectivity index (χ1v) is 7.80. The lowest BCUT2D eigenvalue weighted by Crippen LogP contribution is -2.28. The predicted molar refractivity (Wildman–Crippen MR) is 87.8 cm³/mol. The second-order valence-electron chi connectivity index (χ2n) is 5.57. The van der Waals surface area contributed by atoms with Gasteiger partial charge in [0.2, 0.25) is 5.91 Å². The standard InChI is InChI=1S/C18H16F3N3O/c19-13-7-5-12(6-8-13)11-17(25)22-10-9-16-23-14-3-1-2-4-15(14)24(16)18(20)21/h1-8,18H,9-11H2,(H,22,25). The number of rotatable bonds is 6. The summed E-state index contributed by atoms with van der Waals surface area (Å²) in [5, 5.41) is 2.67. The lowest BCUT2D eigenvalue weighted by molar-refractivity contribution is -0.120. The number of benzene rings is 2. The molecule has 1 N–H and O–H groups in total. The molecule has 7 heteroatoms. The molecule has 0 atom stereocenters. The summed E-state index contributed by atoms with van der Waals surface area (Å²) in [7, 11) is 0. The summed E-state index contributed by atoms with van der Waals surface area (Å²) in [6, 6.07) is 12.3.